The molecule has 0 aliphatic carbocycles. The number of hydrogen-bond acceptors (Lipinski definition) is 7. The Kier molecular flexibility index (Phi) is 7.79. The van der Waals surface area contributed by atoms with Gasteiger partial charge in [0.2, 0.25) is 5.91 Å². The van der Waals surface area contributed by atoms with E-state index in [1.807, 2.05) is 18.2 Å². The number of anilines is 2. The highest BCUT2D eigenvalue weighted by molar-refractivity contribution is 6.02. The van der Waals surface area contributed by atoms with Crippen LogP contribution in [0, 0.1) is 0 Å². The molecule has 0 saturated carbocycles. The fourth-order valence-corrected chi connectivity index (χ4v) is 4.23. The van der Waals surface area contributed by atoms with Crippen LogP contribution in [0.5, 0.6) is 5.75 Å². The lowest BCUT2D eigenvalue weighted by atomic mass is 10.1. The molecule has 1 saturated heterocycles. The molecule has 9 nitrogen and oxygen atoms in total. The third-order valence-corrected chi connectivity index (χ3v) is 6.18. The second-order valence-corrected chi connectivity index (χ2v) is 8.63. The number of ether oxygens (including phenoxy) is 1. The molecular formula is C26H31N5O4. The Morgan fingerprint density at radius 2 is 2.06 bits per heavy atom. The van der Waals surface area contributed by atoms with Crippen LogP contribution in [0.4, 0.5) is 11.4 Å². The number of aliphatic hydroxyl groups excluding tert-OH is 1. The molecule has 0 unspecified atom stereocenters. The van der Waals surface area contributed by atoms with E-state index in [0.717, 1.165) is 24.2 Å². The smallest absolute Gasteiger partial charge is 0.260 e. The highest BCUT2D eigenvalue weighted by atomic mass is 16.5. The first kappa shape index (κ1) is 24.4. The minimum absolute atomic E-state index is 0.116. The summed E-state index contributed by atoms with van der Waals surface area (Å²) >= 11 is 0. The maximum absolute atomic E-state index is 12.8. The molecule has 2 heterocycles. The predicted molar refractivity (Wildman–Crippen MR) is 136 cm³/mol. The van der Waals surface area contributed by atoms with Gasteiger partial charge in [0.05, 0.1) is 23.9 Å². The number of nitrogens with one attached hydrogen (secondary N) is 1. The predicted octanol–water partition coefficient (Wildman–Crippen LogP) is 1.78. The van der Waals surface area contributed by atoms with Crippen LogP contribution in [0.25, 0.3) is 10.9 Å². The van der Waals surface area contributed by atoms with Crippen LogP contribution in [0.15, 0.2) is 54.7 Å². The highest BCUT2D eigenvalue weighted by Gasteiger charge is 2.22. The van der Waals surface area contributed by atoms with Crippen molar-refractivity contribution in [3.8, 4) is 5.75 Å². The first-order valence-corrected chi connectivity index (χ1v) is 11.7. The first-order chi connectivity index (χ1) is 17.0. The second-order valence-electron chi connectivity index (χ2n) is 8.63. The van der Waals surface area contributed by atoms with Crippen molar-refractivity contribution in [3.63, 3.8) is 0 Å². The average Bonchev–Trinajstić information content (AvgIpc) is 3.32. The summed E-state index contributed by atoms with van der Waals surface area (Å²) in [4.78, 5) is 32.7. The van der Waals surface area contributed by atoms with Gasteiger partial charge in [-0.25, -0.2) is 0 Å². The summed E-state index contributed by atoms with van der Waals surface area (Å²) in [6.07, 6.45) is 2.81. The molecule has 35 heavy (non-hydrogen) atoms. The number of pyridine rings is 1. The molecule has 184 valence electrons. The number of aromatic nitrogens is 1. The van der Waals surface area contributed by atoms with Gasteiger partial charge in [0.1, 0.15) is 5.75 Å². The third-order valence-electron chi connectivity index (χ3n) is 6.18. The Morgan fingerprint density at radius 1 is 1.23 bits per heavy atom. The lowest BCUT2D eigenvalue weighted by Crippen LogP contribution is -2.33. The van der Waals surface area contributed by atoms with Crippen molar-refractivity contribution in [2.45, 2.75) is 18.9 Å². The minimum Gasteiger partial charge on any atom is -0.483 e. The summed E-state index contributed by atoms with van der Waals surface area (Å²) in [5, 5.41) is 13.3. The largest absolute Gasteiger partial charge is 0.483 e. The number of benzene rings is 2. The van der Waals surface area contributed by atoms with Crippen LogP contribution in [-0.4, -0.2) is 72.7 Å². The van der Waals surface area contributed by atoms with Crippen molar-refractivity contribution in [3.05, 3.63) is 60.3 Å². The van der Waals surface area contributed by atoms with E-state index in [9.17, 15) is 14.7 Å². The van der Waals surface area contributed by atoms with Crippen molar-refractivity contribution < 1.29 is 19.4 Å². The molecular weight excluding hydrogens is 446 g/mol. The Hall–Kier alpha value is -3.69. The molecule has 1 fully saturated rings. The van der Waals surface area contributed by atoms with E-state index in [-0.39, 0.29) is 31.1 Å². The maximum atomic E-state index is 12.8. The van der Waals surface area contributed by atoms with Crippen LogP contribution >= 0.6 is 0 Å². The zero-order chi connectivity index (χ0) is 24.8. The molecule has 2 aromatic carbocycles. The Bertz CT molecular complexity index is 1200. The lowest BCUT2D eigenvalue weighted by molar-refractivity contribution is -0.132. The van der Waals surface area contributed by atoms with Gasteiger partial charge < -0.3 is 30.7 Å². The van der Waals surface area contributed by atoms with Crippen molar-refractivity contribution in [2.75, 3.05) is 50.1 Å². The number of nitrogens with zero attached hydrogens (tertiary/aromatic N) is 3. The fourth-order valence-electron chi connectivity index (χ4n) is 4.23. The number of carbonyl (C=O) groups is 2. The standard InChI is InChI=1S/C26H31N5O4/c1-30(13-10-18-5-2-3-7-22(18)31-14-11-19(32)16-31)25(34)17-35-23-9-8-21(29-24(33)15-27)26-20(23)6-4-12-28-26/h2-9,12,19,32H,10-11,13-17,27H2,1H3,(H,29,33)/t19-/m0/s1. The van der Waals surface area contributed by atoms with E-state index >= 15 is 0 Å². The van der Waals surface area contributed by atoms with E-state index in [1.165, 1.54) is 0 Å². The minimum atomic E-state index is -0.315. The summed E-state index contributed by atoms with van der Waals surface area (Å²) in [5.41, 5.74) is 8.76. The van der Waals surface area contributed by atoms with Crippen LogP contribution < -0.4 is 20.7 Å². The molecule has 3 aromatic rings. The van der Waals surface area contributed by atoms with Crippen molar-refractivity contribution in [2.24, 2.45) is 5.73 Å². The van der Waals surface area contributed by atoms with E-state index in [2.05, 4.69) is 27.3 Å². The summed E-state index contributed by atoms with van der Waals surface area (Å²) < 4.78 is 5.85. The molecule has 0 bridgehead atoms. The fraction of sp³-hybridized carbons (Fsp3) is 0.346. The quantitative estimate of drug-likeness (QED) is 0.430. The van der Waals surface area contributed by atoms with Crippen molar-refractivity contribution in [1.29, 1.82) is 0 Å². The van der Waals surface area contributed by atoms with Gasteiger partial charge in [0, 0.05) is 44.0 Å². The normalized spacial score (nSPS) is 15.3. The van der Waals surface area contributed by atoms with Gasteiger partial charge in [0.15, 0.2) is 6.61 Å². The number of amides is 2. The Balaban J connectivity index is 1.37. The van der Waals surface area contributed by atoms with Crippen molar-refractivity contribution in [1.82, 2.24) is 9.88 Å². The monoisotopic (exact) mass is 477 g/mol. The van der Waals surface area contributed by atoms with Gasteiger partial charge >= 0.3 is 0 Å². The Labute approximate surface area is 204 Å². The average molecular weight is 478 g/mol. The summed E-state index contributed by atoms with van der Waals surface area (Å²) in [6, 6.07) is 15.1. The third kappa shape index (κ3) is 5.87. The number of fused-ring (bicyclic) bond motifs is 1. The number of para-hydroxylation sites is 1. The van der Waals surface area contributed by atoms with E-state index in [4.69, 9.17) is 10.5 Å². The van der Waals surface area contributed by atoms with Crippen molar-refractivity contribution >= 4 is 34.1 Å². The molecule has 0 radical (unpaired) electrons. The number of aliphatic hydroxyl groups is 1. The summed E-state index contributed by atoms with van der Waals surface area (Å²) in [6.45, 7) is 1.77. The molecule has 1 aliphatic rings. The molecule has 4 N–H and O–H groups in total. The molecule has 1 atom stereocenters. The summed E-state index contributed by atoms with van der Waals surface area (Å²) in [7, 11) is 1.76. The zero-order valence-corrected chi connectivity index (χ0v) is 19.8. The number of β-amino-alcohol motifs (C(OH)–C–C–N with tert-alkyl or cyclic N) is 1. The van der Waals surface area contributed by atoms with E-state index < -0.39 is 0 Å². The lowest BCUT2D eigenvalue weighted by Gasteiger charge is -2.23. The molecule has 4 rings (SSSR count). The topological polar surface area (TPSA) is 121 Å². The van der Waals surface area contributed by atoms with Gasteiger partial charge in [0.25, 0.3) is 5.91 Å². The van der Waals surface area contributed by atoms with Crippen LogP contribution in [0.1, 0.15) is 12.0 Å². The van der Waals surface area contributed by atoms with Gasteiger partial charge in [-0.1, -0.05) is 18.2 Å². The van der Waals surface area contributed by atoms with Gasteiger partial charge in [-0.3, -0.25) is 14.6 Å². The van der Waals surface area contributed by atoms with E-state index in [0.29, 0.717) is 41.9 Å². The van der Waals surface area contributed by atoms with Gasteiger partial charge in [-0.05, 0) is 48.7 Å². The van der Waals surface area contributed by atoms with Crippen LogP contribution in [0.2, 0.25) is 0 Å². The zero-order valence-electron chi connectivity index (χ0n) is 19.8. The molecule has 1 aromatic heterocycles. The molecule has 1 aliphatic heterocycles. The number of rotatable bonds is 9. The van der Waals surface area contributed by atoms with E-state index in [1.54, 1.807) is 36.3 Å². The summed E-state index contributed by atoms with van der Waals surface area (Å²) in [5.74, 6) is 0.0556. The number of likely N-dealkylation sites (N-methyl/N-ethyl adjacent to an activating group) is 1. The molecule has 0 spiro atoms. The number of hydrogen-bond donors (Lipinski definition) is 3. The second kappa shape index (κ2) is 11.2. The first-order valence-electron chi connectivity index (χ1n) is 11.7. The van der Waals surface area contributed by atoms with Gasteiger partial charge in [-0.2, -0.15) is 0 Å². The number of nitrogens with two attached hydrogens (primary N) is 1. The van der Waals surface area contributed by atoms with Gasteiger partial charge in [-0.15, -0.1) is 0 Å². The van der Waals surface area contributed by atoms with Crippen LogP contribution in [0.3, 0.4) is 0 Å². The molecule has 9 heteroatoms. The SMILES string of the molecule is CN(CCc1ccccc1N1CC[C@H](O)C1)C(=O)COc1ccc(NC(=O)CN)c2ncccc12. The van der Waals surface area contributed by atoms with Crippen LogP contribution in [-0.2, 0) is 16.0 Å². The molecule has 2 amide bonds. The highest BCUT2D eigenvalue weighted by Crippen LogP contribution is 2.30. The maximum Gasteiger partial charge on any atom is 0.260 e. The number of carbonyl (C=O) groups excluding carboxylic acids is 2. The Morgan fingerprint density at radius 3 is 2.83 bits per heavy atom.